The molecule has 0 aromatic heterocycles. The number of rotatable bonds is 6. The number of carbonyl (C=O) groups excluding carboxylic acids is 1. The average Bonchev–Trinajstić information content (AvgIpc) is 2.13. The minimum Gasteiger partial charge on any atom is -0.355 e. The van der Waals surface area contributed by atoms with Crippen LogP contribution in [0.15, 0.2) is 0 Å². The van der Waals surface area contributed by atoms with E-state index >= 15 is 0 Å². The predicted octanol–water partition coefficient (Wildman–Crippen LogP) is 3.35. The van der Waals surface area contributed by atoms with Crippen molar-refractivity contribution in [3.05, 3.63) is 0 Å². The smallest absolute Gasteiger partial charge is 0.225 e. The van der Waals surface area contributed by atoms with Gasteiger partial charge in [-0.2, -0.15) is 0 Å². The van der Waals surface area contributed by atoms with Crippen LogP contribution in [-0.4, -0.2) is 17.3 Å². The maximum atomic E-state index is 11.8. The number of amides is 1. The molecule has 90 valence electrons. The summed E-state index contributed by atoms with van der Waals surface area (Å²) in [5.74, 6) is 0.809. The number of hydrogen-bond acceptors (Lipinski definition) is 1. The van der Waals surface area contributed by atoms with Crippen LogP contribution in [0.1, 0.15) is 47.5 Å². The van der Waals surface area contributed by atoms with Crippen molar-refractivity contribution in [1.82, 2.24) is 5.32 Å². The summed E-state index contributed by atoms with van der Waals surface area (Å²) >= 11 is 3.58. The van der Waals surface area contributed by atoms with Crippen LogP contribution in [0.5, 0.6) is 0 Å². The first-order valence-corrected chi connectivity index (χ1v) is 6.63. The van der Waals surface area contributed by atoms with Crippen LogP contribution in [0.4, 0.5) is 0 Å². The summed E-state index contributed by atoms with van der Waals surface area (Å²) in [6.07, 6.45) is 1.96. The average molecular weight is 278 g/mol. The molecule has 0 aromatic carbocycles. The minimum absolute atomic E-state index is 0.151. The van der Waals surface area contributed by atoms with Gasteiger partial charge in [-0.1, -0.05) is 50.5 Å². The van der Waals surface area contributed by atoms with E-state index in [1.165, 1.54) is 0 Å². The minimum atomic E-state index is -0.245. The van der Waals surface area contributed by atoms with Crippen LogP contribution in [-0.2, 0) is 4.79 Å². The van der Waals surface area contributed by atoms with Gasteiger partial charge in [0, 0.05) is 16.8 Å². The molecule has 2 nitrogen and oxygen atoms in total. The Morgan fingerprint density at radius 1 is 1.40 bits per heavy atom. The molecule has 0 spiro atoms. The summed E-state index contributed by atoms with van der Waals surface area (Å²) in [5, 5.41) is 2.99. The number of hydrogen-bond donors (Lipinski definition) is 1. The van der Waals surface area contributed by atoms with Crippen LogP contribution in [0, 0.1) is 11.3 Å². The Labute approximate surface area is 102 Å². The quantitative estimate of drug-likeness (QED) is 0.742. The van der Waals surface area contributed by atoms with Gasteiger partial charge in [0.1, 0.15) is 0 Å². The van der Waals surface area contributed by atoms with Crippen molar-refractivity contribution in [3.63, 3.8) is 0 Å². The van der Waals surface area contributed by atoms with Gasteiger partial charge in [0.05, 0.1) is 0 Å². The number of nitrogens with one attached hydrogen (secondary N) is 1. The molecule has 0 heterocycles. The van der Waals surface area contributed by atoms with Gasteiger partial charge in [0.2, 0.25) is 5.91 Å². The van der Waals surface area contributed by atoms with Crippen molar-refractivity contribution in [2.75, 3.05) is 6.54 Å². The lowest BCUT2D eigenvalue weighted by atomic mass is 9.89. The largest absolute Gasteiger partial charge is 0.355 e. The zero-order chi connectivity index (χ0) is 12.1. The topological polar surface area (TPSA) is 29.1 Å². The van der Waals surface area contributed by atoms with Gasteiger partial charge < -0.3 is 5.32 Å². The van der Waals surface area contributed by atoms with Gasteiger partial charge in [-0.15, -0.1) is 0 Å². The van der Waals surface area contributed by atoms with Crippen LogP contribution < -0.4 is 5.32 Å². The lowest BCUT2D eigenvalue weighted by molar-refractivity contribution is -0.129. The molecular weight excluding hydrogens is 254 g/mol. The Morgan fingerprint density at radius 3 is 2.33 bits per heavy atom. The van der Waals surface area contributed by atoms with Gasteiger partial charge in [-0.05, 0) is 18.8 Å². The Kier molecular flexibility index (Phi) is 6.49. The second-order valence-corrected chi connectivity index (χ2v) is 6.47. The standard InChI is InChI=1S/C12H24BrNO/c1-6-12(4,5)11(15)14-8-10(13)7-9(2)3/h9-10H,6-8H2,1-5H3,(H,14,15). The van der Waals surface area contributed by atoms with Crippen LogP contribution in [0.25, 0.3) is 0 Å². The molecule has 1 unspecified atom stereocenters. The second kappa shape index (κ2) is 6.51. The van der Waals surface area contributed by atoms with Crippen LogP contribution >= 0.6 is 15.9 Å². The molecule has 0 radical (unpaired) electrons. The number of alkyl halides is 1. The van der Waals surface area contributed by atoms with E-state index in [0.29, 0.717) is 10.7 Å². The monoisotopic (exact) mass is 277 g/mol. The highest BCUT2D eigenvalue weighted by Crippen LogP contribution is 2.20. The van der Waals surface area contributed by atoms with Crippen molar-refractivity contribution >= 4 is 21.8 Å². The summed E-state index contributed by atoms with van der Waals surface area (Å²) in [6, 6.07) is 0. The van der Waals surface area contributed by atoms with E-state index in [-0.39, 0.29) is 11.3 Å². The number of halogens is 1. The third-order valence-electron chi connectivity index (χ3n) is 2.71. The third kappa shape index (κ3) is 6.18. The Morgan fingerprint density at radius 2 is 1.93 bits per heavy atom. The zero-order valence-corrected chi connectivity index (χ0v) is 12.1. The van der Waals surface area contributed by atoms with E-state index in [1.54, 1.807) is 0 Å². The van der Waals surface area contributed by atoms with Gasteiger partial charge in [-0.25, -0.2) is 0 Å². The van der Waals surface area contributed by atoms with Gasteiger partial charge >= 0.3 is 0 Å². The third-order valence-corrected chi connectivity index (χ3v) is 3.41. The highest BCUT2D eigenvalue weighted by atomic mass is 79.9. The Bertz CT molecular complexity index is 202. The normalized spacial score (nSPS) is 14.1. The number of carbonyl (C=O) groups is 1. The molecule has 0 fully saturated rings. The van der Waals surface area contributed by atoms with Crippen molar-refractivity contribution in [2.45, 2.75) is 52.3 Å². The lowest BCUT2D eigenvalue weighted by Gasteiger charge is -2.22. The predicted molar refractivity (Wildman–Crippen MR) is 69.3 cm³/mol. The van der Waals surface area contributed by atoms with E-state index in [2.05, 4.69) is 35.1 Å². The van der Waals surface area contributed by atoms with Gasteiger partial charge in [-0.3, -0.25) is 4.79 Å². The summed E-state index contributed by atoms with van der Waals surface area (Å²) in [7, 11) is 0. The molecule has 0 aliphatic heterocycles. The molecule has 0 saturated heterocycles. The van der Waals surface area contributed by atoms with E-state index in [4.69, 9.17) is 0 Å². The first-order chi connectivity index (χ1) is 6.79. The fourth-order valence-electron chi connectivity index (χ4n) is 1.20. The molecular formula is C12H24BrNO. The molecule has 0 saturated carbocycles. The Balaban J connectivity index is 3.90. The summed E-state index contributed by atoms with van der Waals surface area (Å²) in [5.41, 5.74) is -0.245. The zero-order valence-electron chi connectivity index (χ0n) is 10.6. The molecule has 0 rings (SSSR count). The highest BCUT2D eigenvalue weighted by Gasteiger charge is 2.25. The highest BCUT2D eigenvalue weighted by molar-refractivity contribution is 9.09. The van der Waals surface area contributed by atoms with Crippen molar-refractivity contribution in [3.8, 4) is 0 Å². The molecule has 3 heteroatoms. The Hall–Kier alpha value is -0.0500. The lowest BCUT2D eigenvalue weighted by Crippen LogP contribution is -2.39. The SMILES string of the molecule is CCC(C)(C)C(=O)NCC(Br)CC(C)C. The summed E-state index contributed by atoms with van der Waals surface area (Å²) in [4.78, 5) is 12.1. The maximum absolute atomic E-state index is 11.8. The fraction of sp³-hybridized carbons (Fsp3) is 0.917. The summed E-state index contributed by atoms with van der Waals surface area (Å²) in [6.45, 7) is 11.1. The van der Waals surface area contributed by atoms with Crippen LogP contribution in [0.3, 0.4) is 0 Å². The van der Waals surface area contributed by atoms with E-state index in [0.717, 1.165) is 19.4 Å². The fourth-order valence-corrected chi connectivity index (χ4v) is 2.11. The molecule has 0 aliphatic carbocycles. The van der Waals surface area contributed by atoms with Crippen molar-refractivity contribution in [2.24, 2.45) is 11.3 Å². The molecule has 1 amide bonds. The molecule has 15 heavy (non-hydrogen) atoms. The first-order valence-electron chi connectivity index (χ1n) is 5.72. The van der Waals surface area contributed by atoms with E-state index in [1.807, 2.05) is 20.8 Å². The maximum Gasteiger partial charge on any atom is 0.225 e. The molecule has 0 aliphatic rings. The van der Waals surface area contributed by atoms with Gasteiger partial charge in [0.25, 0.3) is 0 Å². The molecule has 0 bridgehead atoms. The molecule has 1 atom stereocenters. The van der Waals surface area contributed by atoms with Crippen molar-refractivity contribution in [1.29, 1.82) is 0 Å². The van der Waals surface area contributed by atoms with E-state index < -0.39 is 0 Å². The molecule has 0 aromatic rings. The summed E-state index contributed by atoms with van der Waals surface area (Å²) < 4.78 is 0. The van der Waals surface area contributed by atoms with Crippen LogP contribution in [0.2, 0.25) is 0 Å². The van der Waals surface area contributed by atoms with E-state index in [9.17, 15) is 4.79 Å². The second-order valence-electron chi connectivity index (χ2n) is 5.17. The molecule has 1 N–H and O–H groups in total. The van der Waals surface area contributed by atoms with Crippen molar-refractivity contribution < 1.29 is 4.79 Å². The first kappa shape index (κ1) is 14.9. The van der Waals surface area contributed by atoms with Gasteiger partial charge in [0.15, 0.2) is 0 Å².